The monoisotopic (exact) mass is 231 g/mol. The second-order valence-electron chi connectivity index (χ2n) is 4.93. The maximum Gasteiger partial charge on any atom is 0.119 e. The van der Waals surface area contributed by atoms with Crippen LogP contribution in [0.4, 0.5) is 0 Å². The lowest BCUT2D eigenvalue weighted by molar-refractivity contribution is 0.242. The quantitative estimate of drug-likeness (QED) is 0.792. The maximum absolute atomic E-state index is 5.65. The Kier molecular flexibility index (Phi) is 3.85. The van der Waals surface area contributed by atoms with Gasteiger partial charge in [0.15, 0.2) is 0 Å². The molecule has 0 saturated heterocycles. The number of likely N-dealkylation sites (N-methyl/N-ethyl adjacent to an activating group) is 1. The lowest BCUT2D eigenvalue weighted by Gasteiger charge is -2.22. The fourth-order valence-electron chi connectivity index (χ4n) is 2.05. The van der Waals surface area contributed by atoms with Gasteiger partial charge < -0.3 is 9.64 Å². The van der Waals surface area contributed by atoms with Crippen molar-refractivity contribution >= 4 is 5.57 Å². The molecule has 1 heterocycles. The first-order valence-corrected chi connectivity index (χ1v) is 6.30. The average Bonchev–Trinajstić information content (AvgIpc) is 2.30. The highest BCUT2D eigenvalue weighted by Gasteiger charge is 2.09. The number of ether oxygens (including phenoxy) is 1. The molecule has 1 aliphatic rings. The molecule has 0 amide bonds. The van der Waals surface area contributed by atoms with Crippen LogP contribution < -0.4 is 4.74 Å². The van der Waals surface area contributed by atoms with Gasteiger partial charge in [0.2, 0.25) is 0 Å². The van der Waals surface area contributed by atoms with E-state index < -0.39 is 0 Å². The number of hydrogen-bond acceptors (Lipinski definition) is 2. The second kappa shape index (κ2) is 5.37. The van der Waals surface area contributed by atoms with Gasteiger partial charge in [0.25, 0.3) is 0 Å². The summed E-state index contributed by atoms with van der Waals surface area (Å²) >= 11 is 0. The molecule has 0 saturated carbocycles. The van der Waals surface area contributed by atoms with Crippen LogP contribution in [0.3, 0.4) is 0 Å². The summed E-state index contributed by atoms with van der Waals surface area (Å²) < 4.78 is 5.65. The molecule has 17 heavy (non-hydrogen) atoms. The third-order valence-electron chi connectivity index (χ3n) is 3.01. The van der Waals surface area contributed by atoms with Crippen LogP contribution in [0, 0.1) is 0 Å². The molecule has 92 valence electrons. The highest BCUT2D eigenvalue weighted by molar-refractivity contribution is 5.67. The molecule has 0 unspecified atom stereocenters. The van der Waals surface area contributed by atoms with E-state index in [1.54, 1.807) is 0 Å². The van der Waals surface area contributed by atoms with Crippen LogP contribution in [0.2, 0.25) is 0 Å². The summed E-state index contributed by atoms with van der Waals surface area (Å²) in [5.74, 6) is 0.956. The van der Waals surface area contributed by atoms with Gasteiger partial charge in [-0.1, -0.05) is 18.2 Å². The fourth-order valence-corrected chi connectivity index (χ4v) is 2.05. The normalized spacial score (nSPS) is 17.1. The van der Waals surface area contributed by atoms with Gasteiger partial charge >= 0.3 is 0 Å². The van der Waals surface area contributed by atoms with Crippen LogP contribution in [0.1, 0.15) is 25.8 Å². The molecule has 1 aromatic rings. The summed E-state index contributed by atoms with van der Waals surface area (Å²) in [7, 11) is 2.16. The Hall–Kier alpha value is -1.28. The van der Waals surface area contributed by atoms with Gasteiger partial charge in [-0.25, -0.2) is 0 Å². The molecule has 0 N–H and O–H groups in total. The molecule has 1 aliphatic heterocycles. The van der Waals surface area contributed by atoms with Crippen molar-refractivity contribution in [2.45, 2.75) is 26.4 Å². The summed E-state index contributed by atoms with van der Waals surface area (Å²) in [4.78, 5) is 2.33. The minimum atomic E-state index is 0.239. The van der Waals surface area contributed by atoms with E-state index in [0.29, 0.717) is 0 Å². The van der Waals surface area contributed by atoms with E-state index >= 15 is 0 Å². The molecule has 0 aromatic heterocycles. The molecular formula is C15H21NO. The zero-order chi connectivity index (χ0) is 12.3. The van der Waals surface area contributed by atoms with Crippen molar-refractivity contribution < 1.29 is 4.74 Å². The van der Waals surface area contributed by atoms with Gasteiger partial charge in [0.1, 0.15) is 5.75 Å². The SMILES string of the molecule is CC(C)Oc1ccc(C2=CCN(C)CC2)cc1. The fraction of sp³-hybridized carbons (Fsp3) is 0.467. The molecular weight excluding hydrogens is 210 g/mol. The van der Waals surface area contributed by atoms with E-state index in [-0.39, 0.29) is 6.10 Å². The maximum atomic E-state index is 5.65. The zero-order valence-corrected chi connectivity index (χ0v) is 10.9. The third-order valence-corrected chi connectivity index (χ3v) is 3.01. The lowest BCUT2D eigenvalue weighted by Crippen LogP contribution is -2.23. The molecule has 2 nitrogen and oxygen atoms in total. The molecule has 0 atom stereocenters. The first-order valence-electron chi connectivity index (χ1n) is 6.30. The lowest BCUT2D eigenvalue weighted by atomic mass is 10.00. The molecule has 0 radical (unpaired) electrons. The Morgan fingerprint density at radius 1 is 1.18 bits per heavy atom. The van der Waals surface area contributed by atoms with E-state index in [4.69, 9.17) is 4.74 Å². The smallest absolute Gasteiger partial charge is 0.119 e. The highest BCUT2D eigenvalue weighted by Crippen LogP contribution is 2.24. The first-order chi connectivity index (χ1) is 8.15. The van der Waals surface area contributed by atoms with Gasteiger partial charge in [-0.05, 0) is 50.6 Å². The molecule has 0 aliphatic carbocycles. The Balaban J connectivity index is 2.07. The number of nitrogens with zero attached hydrogens (tertiary/aromatic N) is 1. The Labute approximate surface area is 104 Å². The summed E-state index contributed by atoms with van der Waals surface area (Å²) in [5.41, 5.74) is 2.79. The summed E-state index contributed by atoms with van der Waals surface area (Å²) in [6.45, 7) is 6.30. The topological polar surface area (TPSA) is 12.5 Å². The Morgan fingerprint density at radius 2 is 1.88 bits per heavy atom. The van der Waals surface area contributed by atoms with Gasteiger partial charge in [-0.15, -0.1) is 0 Å². The second-order valence-corrected chi connectivity index (χ2v) is 4.93. The van der Waals surface area contributed by atoms with Crippen molar-refractivity contribution in [3.63, 3.8) is 0 Å². The van der Waals surface area contributed by atoms with E-state index in [0.717, 1.165) is 25.3 Å². The largest absolute Gasteiger partial charge is 0.491 e. The zero-order valence-electron chi connectivity index (χ0n) is 10.9. The van der Waals surface area contributed by atoms with Crippen molar-refractivity contribution in [1.29, 1.82) is 0 Å². The number of rotatable bonds is 3. The summed E-state index contributed by atoms with van der Waals surface area (Å²) in [6.07, 6.45) is 3.70. The van der Waals surface area contributed by atoms with E-state index in [2.05, 4.69) is 42.3 Å². The van der Waals surface area contributed by atoms with Crippen molar-refractivity contribution in [2.24, 2.45) is 0 Å². The van der Waals surface area contributed by atoms with Crippen LogP contribution >= 0.6 is 0 Å². The first kappa shape index (κ1) is 12.2. The van der Waals surface area contributed by atoms with Gasteiger partial charge in [0, 0.05) is 13.1 Å². The average molecular weight is 231 g/mol. The Morgan fingerprint density at radius 3 is 2.41 bits per heavy atom. The summed E-state index contributed by atoms with van der Waals surface area (Å²) in [5, 5.41) is 0. The molecule has 2 rings (SSSR count). The van der Waals surface area contributed by atoms with E-state index in [1.807, 2.05) is 13.8 Å². The molecule has 0 bridgehead atoms. The van der Waals surface area contributed by atoms with Crippen LogP contribution in [0.15, 0.2) is 30.3 Å². The van der Waals surface area contributed by atoms with Crippen LogP contribution in [-0.2, 0) is 0 Å². The standard InChI is InChI=1S/C15H21NO/c1-12(2)17-15-6-4-13(5-7-15)14-8-10-16(3)11-9-14/h4-8,12H,9-11H2,1-3H3. The van der Waals surface area contributed by atoms with E-state index in [9.17, 15) is 0 Å². The van der Waals surface area contributed by atoms with Crippen molar-refractivity contribution in [2.75, 3.05) is 20.1 Å². The predicted octanol–water partition coefficient (Wildman–Crippen LogP) is 3.19. The van der Waals surface area contributed by atoms with Crippen molar-refractivity contribution in [1.82, 2.24) is 4.90 Å². The number of benzene rings is 1. The molecule has 0 spiro atoms. The van der Waals surface area contributed by atoms with Crippen LogP contribution in [-0.4, -0.2) is 31.1 Å². The Bertz CT molecular complexity index is 392. The number of hydrogen-bond donors (Lipinski definition) is 0. The van der Waals surface area contributed by atoms with Crippen LogP contribution in [0.25, 0.3) is 5.57 Å². The van der Waals surface area contributed by atoms with E-state index in [1.165, 1.54) is 11.1 Å². The highest BCUT2D eigenvalue weighted by atomic mass is 16.5. The molecule has 0 fully saturated rings. The van der Waals surface area contributed by atoms with Crippen molar-refractivity contribution in [3.05, 3.63) is 35.9 Å². The van der Waals surface area contributed by atoms with Gasteiger partial charge in [-0.3, -0.25) is 0 Å². The summed E-state index contributed by atoms with van der Waals surface area (Å²) in [6, 6.07) is 8.45. The molecule has 1 aromatic carbocycles. The van der Waals surface area contributed by atoms with Gasteiger partial charge in [-0.2, -0.15) is 0 Å². The van der Waals surface area contributed by atoms with Gasteiger partial charge in [0.05, 0.1) is 6.10 Å². The minimum absolute atomic E-state index is 0.239. The predicted molar refractivity (Wildman–Crippen MR) is 72.3 cm³/mol. The van der Waals surface area contributed by atoms with Crippen molar-refractivity contribution in [3.8, 4) is 5.75 Å². The minimum Gasteiger partial charge on any atom is -0.491 e. The third kappa shape index (κ3) is 3.34. The molecule has 2 heteroatoms. The van der Waals surface area contributed by atoms with Crippen LogP contribution in [0.5, 0.6) is 5.75 Å².